The summed E-state index contributed by atoms with van der Waals surface area (Å²) in [6, 6.07) is 8.17. The molecule has 0 aromatic heterocycles. The highest BCUT2D eigenvalue weighted by Crippen LogP contribution is 2.25. The number of nitrogens with one attached hydrogen (secondary N) is 1. The van der Waals surface area contributed by atoms with Crippen LogP contribution < -0.4 is 5.32 Å². The summed E-state index contributed by atoms with van der Waals surface area (Å²) in [4.78, 5) is 12.0. The van der Waals surface area contributed by atoms with Crippen LogP contribution in [0.15, 0.2) is 24.3 Å². The molecule has 104 valence electrons. The van der Waals surface area contributed by atoms with Crippen LogP contribution in [0.4, 0.5) is 0 Å². The highest BCUT2D eigenvalue weighted by molar-refractivity contribution is 7.90. The predicted octanol–water partition coefficient (Wildman–Crippen LogP) is 0.952. The lowest BCUT2D eigenvalue weighted by Gasteiger charge is -2.23. The average molecular weight is 281 g/mol. The predicted molar refractivity (Wildman–Crippen MR) is 74.7 cm³/mol. The molecule has 1 amide bonds. The van der Waals surface area contributed by atoms with Crippen molar-refractivity contribution >= 4 is 15.7 Å². The van der Waals surface area contributed by atoms with E-state index in [1.807, 2.05) is 12.1 Å². The zero-order valence-electron chi connectivity index (χ0n) is 11.1. The molecule has 0 radical (unpaired) electrons. The van der Waals surface area contributed by atoms with E-state index < -0.39 is 9.84 Å². The van der Waals surface area contributed by atoms with Crippen LogP contribution in [0.25, 0.3) is 0 Å². The van der Waals surface area contributed by atoms with Gasteiger partial charge in [-0.1, -0.05) is 24.3 Å². The number of sulfone groups is 1. The van der Waals surface area contributed by atoms with Gasteiger partial charge in [0, 0.05) is 18.7 Å². The number of carbonyl (C=O) groups is 1. The monoisotopic (exact) mass is 281 g/mol. The Balaban J connectivity index is 1.89. The molecule has 1 aliphatic carbocycles. The van der Waals surface area contributed by atoms with Crippen LogP contribution in [-0.4, -0.2) is 32.9 Å². The first-order valence-electron chi connectivity index (χ1n) is 6.48. The lowest BCUT2D eigenvalue weighted by atomic mass is 9.83. The number of fused-ring (bicyclic) bond motifs is 1. The molecule has 1 unspecified atom stereocenters. The highest BCUT2D eigenvalue weighted by atomic mass is 32.2. The van der Waals surface area contributed by atoms with E-state index in [1.165, 1.54) is 17.4 Å². The summed E-state index contributed by atoms with van der Waals surface area (Å²) in [6.45, 7) is 0.204. The van der Waals surface area contributed by atoms with E-state index in [-0.39, 0.29) is 24.1 Å². The van der Waals surface area contributed by atoms with Crippen LogP contribution in [0, 0.1) is 5.92 Å². The molecule has 19 heavy (non-hydrogen) atoms. The van der Waals surface area contributed by atoms with Gasteiger partial charge >= 0.3 is 0 Å². The average Bonchev–Trinajstić information content (AvgIpc) is 2.36. The third-order valence-corrected chi connectivity index (χ3v) is 4.44. The van der Waals surface area contributed by atoms with Gasteiger partial charge in [-0.05, 0) is 30.4 Å². The van der Waals surface area contributed by atoms with Crippen LogP contribution in [0.2, 0.25) is 0 Å². The lowest BCUT2D eigenvalue weighted by Crippen LogP contribution is -2.36. The van der Waals surface area contributed by atoms with Gasteiger partial charge in [0.1, 0.15) is 9.84 Å². The Morgan fingerprint density at radius 3 is 2.68 bits per heavy atom. The molecule has 1 aliphatic rings. The molecule has 1 aromatic carbocycles. The molecule has 1 aromatic rings. The van der Waals surface area contributed by atoms with E-state index in [2.05, 4.69) is 17.4 Å². The van der Waals surface area contributed by atoms with Gasteiger partial charge < -0.3 is 5.32 Å². The van der Waals surface area contributed by atoms with E-state index in [9.17, 15) is 13.2 Å². The number of hydrogen-bond acceptors (Lipinski definition) is 3. The molecule has 0 saturated carbocycles. The second-order valence-electron chi connectivity index (χ2n) is 5.13. The lowest BCUT2D eigenvalue weighted by molar-refractivity contribution is -0.125. The molecule has 0 aliphatic heterocycles. The van der Waals surface area contributed by atoms with E-state index in [0.717, 1.165) is 19.3 Å². The minimum Gasteiger partial charge on any atom is -0.355 e. The fraction of sp³-hybridized carbons (Fsp3) is 0.500. The number of benzene rings is 1. The topological polar surface area (TPSA) is 63.2 Å². The summed E-state index contributed by atoms with van der Waals surface area (Å²) in [5.41, 5.74) is 2.56. The first-order valence-corrected chi connectivity index (χ1v) is 8.54. The molecule has 1 N–H and O–H groups in total. The molecule has 0 heterocycles. The molecule has 5 heteroatoms. The molecular weight excluding hydrogens is 262 g/mol. The Kier molecular flexibility index (Phi) is 4.24. The molecular formula is C14H19NO3S. The quantitative estimate of drug-likeness (QED) is 0.894. The fourth-order valence-corrected chi connectivity index (χ4v) is 2.90. The normalized spacial score (nSPS) is 18.7. The van der Waals surface area contributed by atoms with Crippen LogP contribution >= 0.6 is 0 Å². The highest BCUT2D eigenvalue weighted by Gasteiger charge is 2.24. The second-order valence-corrected chi connectivity index (χ2v) is 7.39. The van der Waals surface area contributed by atoms with Crippen LogP contribution in [0.3, 0.4) is 0 Å². The number of rotatable bonds is 4. The van der Waals surface area contributed by atoms with Gasteiger partial charge in [0.15, 0.2) is 0 Å². The Labute approximate surface area is 114 Å². The van der Waals surface area contributed by atoms with Crippen molar-refractivity contribution in [1.82, 2.24) is 5.32 Å². The summed E-state index contributed by atoms with van der Waals surface area (Å²) in [6.07, 6.45) is 3.68. The third-order valence-electron chi connectivity index (χ3n) is 3.49. The maximum Gasteiger partial charge on any atom is 0.223 e. The molecule has 4 nitrogen and oxygen atoms in total. The van der Waals surface area contributed by atoms with Crippen LogP contribution in [0.5, 0.6) is 0 Å². The minimum absolute atomic E-state index is 0.00203. The zero-order chi connectivity index (χ0) is 13.9. The second kappa shape index (κ2) is 5.74. The summed E-state index contributed by atoms with van der Waals surface area (Å²) in [5.74, 6) is -0.0604. The van der Waals surface area contributed by atoms with Crippen molar-refractivity contribution in [3.63, 3.8) is 0 Å². The van der Waals surface area contributed by atoms with Crippen molar-refractivity contribution < 1.29 is 13.2 Å². The maximum absolute atomic E-state index is 12.0. The fourth-order valence-electron chi connectivity index (χ4n) is 2.43. The van der Waals surface area contributed by atoms with Gasteiger partial charge in [0.05, 0.1) is 5.75 Å². The maximum atomic E-state index is 12.0. The minimum atomic E-state index is -3.01. The molecule has 0 spiro atoms. The van der Waals surface area contributed by atoms with Crippen molar-refractivity contribution in [2.45, 2.75) is 19.3 Å². The number of amides is 1. The SMILES string of the molecule is CS(=O)(=O)CCNC(=O)C1CCc2ccccc2C1. The van der Waals surface area contributed by atoms with Gasteiger partial charge in [-0.25, -0.2) is 8.42 Å². The van der Waals surface area contributed by atoms with Crippen LogP contribution in [-0.2, 0) is 27.5 Å². The Hall–Kier alpha value is -1.36. The van der Waals surface area contributed by atoms with Crippen LogP contribution in [0.1, 0.15) is 17.5 Å². The number of carbonyl (C=O) groups excluding carboxylic acids is 1. The smallest absolute Gasteiger partial charge is 0.223 e. The molecule has 0 fully saturated rings. The van der Waals surface area contributed by atoms with Crippen molar-refractivity contribution in [2.75, 3.05) is 18.6 Å². The molecule has 1 atom stereocenters. The number of aryl methyl sites for hydroxylation is 1. The summed E-state index contributed by atoms with van der Waals surface area (Å²) in [7, 11) is -3.01. The van der Waals surface area contributed by atoms with Gasteiger partial charge in [0.25, 0.3) is 0 Å². The third kappa shape index (κ3) is 4.06. The Morgan fingerprint density at radius 1 is 1.32 bits per heavy atom. The Bertz CT molecular complexity index is 566. The summed E-state index contributed by atoms with van der Waals surface area (Å²) >= 11 is 0. The molecule has 0 bridgehead atoms. The largest absolute Gasteiger partial charge is 0.355 e. The summed E-state index contributed by atoms with van der Waals surface area (Å²) < 4.78 is 22.0. The number of hydrogen-bond donors (Lipinski definition) is 1. The van der Waals surface area contributed by atoms with Crippen molar-refractivity contribution in [3.8, 4) is 0 Å². The van der Waals surface area contributed by atoms with E-state index in [0.29, 0.717) is 0 Å². The van der Waals surface area contributed by atoms with Crippen molar-refractivity contribution in [3.05, 3.63) is 35.4 Å². The van der Waals surface area contributed by atoms with Crippen molar-refractivity contribution in [2.24, 2.45) is 5.92 Å². The van der Waals surface area contributed by atoms with Gasteiger partial charge in [-0.2, -0.15) is 0 Å². The van der Waals surface area contributed by atoms with Gasteiger partial charge in [0.2, 0.25) is 5.91 Å². The van der Waals surface area contributed by atoms with Gasteiger partial charge in [-0.15, -0.1) is 0 Å². The standard InChI is InChI=1S/C14H19NO3S/c1-19(17,18)9-8-15-14(16)13-7-6-11-4-2-3-5-12(11)10-13/h2-5,13H,6-10H2,1H3,(H,15,16). The Morgan fingerprint density at radius 2 is 2.00 bits per heavy atom. The zero-order valence-corrected chi connectivity index (χ0v) is 11.9. The first-order chi connectivity index (χ1) is 8.96. The van der Waals surface area contributed by atoms with E-state index >= 15 is 0 Å². The van der Waals surface area contributed by atoms with E-state index in [4.69, 9.17) is 0 Å². The molecule has 2 rings (SSSR count). The molecule has 0 saturated heterocycles. The van der Waals surface area contributed by atoms with Gasteiger partial charge in [-0.3, -0.25) is 4.79 Å². The van der Waals surface area contributed by atoms with E-state index in [1.54, 1.807) is 0 Å². The first kappa shape index (κ1) is 14.1. The van der Waals surface area contributed by atoms with Crippen molar-refractivity contribution in [1.29, 1.82) is 0 Å². The summed E-state index contributed by atoms with van der Waals surface area (Å²) in [5, 5.41) is 2.72.